The maximum absolute atomic E-state index is 2.44. The highest BCUT2D eigenvalue weighted by atomic mass is 32.1. The molecule has 0 aliphatic rings. The van der Waals surface area contributed by atoms with Gasteiger partial charge in [0.1, 0.15) is 0 Å². The van der Waals surface area contributed by atoms with E-state index in [0.29, 0.717) is 0 Å². The lowest BCUT2D eigenvalue weighted by atomic mass is 9.92. The summed E-state index contributed by atoms with van der Waals surface area (Å²) in [4.78, 5) is 1.60. The second-order valence-corrected chi connectivity index (χ2v) is 8.53. The van der Waals surface area contributed by atoms with E-state index in [4.69, 9.17) is 0 Å². The van der Waals surface area contributed by atoms with Crippen LogP contribution in [0.3, 0.4) is 0 Å². The number of aryl methyl sites for hydroxylation is 2. The minimum absolute atomic E-state index is 0.873. The van der Waals surface area contributed by atoms with Crippen LogP contribution >= 0.6 is 11.3 Å². The maximum atomic E-state index is 2.44. The van der Waals surface area contributed by atoms with Gasteiger partial charge in [0, 0.05) is 4.88 Å². The van der Waals surface area contributed by atoms with E-state index in [0.717, 1.165) is 17.8 Å². The van der Waals surface area contributed by atoms with Crippen molar-refractivity contribution < 1.29 is 0 Å². The van der Waals surface area contributed by atoms with E-state index in [9.17, 15) is 0 Å². The Morgan fingerprint density at radius 1 is 0.857 bits per heavy atom. The van der Waals surface area contributed by atoms with Gasteiger partial charge in [-0.25, -0.2) is 0 Å². The Balaban J connectivity index is 2.05. The zero-order chi connectivity index (χ0) is 15.7. The van der Waals surface area contributed by atoms with Crippen LogP contribution in [0.1, 0.15) is 83.1 Å². The average Bonchev–Trinajstić information content (AvgIpc) is 2.81. The lowest BCUT2D eigenvalue weighted by Gasteiger charge is -2.15. The fraction of sp³-hybridized carbons (Fsp3) is 0.800. The van der Waals surface area contributed by atoms with Gasteiger partial charge in [-0.1, -0.05) is 66.2 Å². The van der Waals surface area contributed by atoms with E-state index in [-0.39, 0.29) is 0 Å². The van der Waals surface area contributed by atoms with Gasteiger partial charge in [0.2, 0.25) is 0 Å². The van der Waals surface area contributed by atoms with Crippen molar-refractivity contribution in [2.75, 3.05) is 0 Å². The molecule has 1 heterocycles. The number of rotatable bonds is 11. The maximum Gasteiger partial charge on any atom is 0.00745 e. The molecule has 122 valence electrons. The first-order valence-corrected chi connectivity index (χ1v) is 9.90. The molecule has 0 N–H and O–H groups in total. The molecule has 0 aromatic carbocycles. The third kappa shape index (κ3) is 8.66. The first kappa shape index (κ1) is 18.7. The number of hydrogen-bond acceptors (Lipinski definition) is 1. The standard InChI is InChI=1S/C20H36S/c1-16(2)8-6-9-17(3)10-7-11-18(4)12-13-20-19(5)14-15-21-20/h14-18H,6-13H2,1-5H3. The SMILES string of the molecule is Cc1ccsc1CCC(C)CCCC(C)CCCC(C)C. The zero-order valence-electron chi connectivity index (χ0n) is 15.0. The third-order valence-corrected chi connectivity index (χ3v) is 5.79. The Bertz CT molecular complexity index is 364. The molecule has 0 amide bonds. The van der Waals surface area contributed by atoms with Gasteiger partial charge in [-0.2, -0.15) is 0 Å². The number of thiophene rings is 1. The van der Waals surface area contributed by atoms with E-state index in [1.165, 1.54) is 56.9 Å². The zero-order valence-corrected chi connectivity index (χ0v) is 15.8. The molecule has 2 unspecified atom stereocenters. The largest absolute Gasteiger partial charge is 0.149 e. The van der Waals surface area contributed by atoms with Gasteiger partial charge in [0.15, 0.2) is 0 Å². The van der Waals surface area contributed by atoms with Crippen molar-refractivity contribution in [2.24, 2.45) is 17.8 Å². The first-order chi connectivity index (χ1) is 9.99. The van der Waals surface area contributed by atoms with Crippen LogP contribution in [-0.2, 0) is 6.42 Å². The minimum Gasteiger partial charge on any atom is -0.149 e. The van der Waals surface area contributed by atoms with Gasteiger partial charge < -0.3 is 0 Å². The summed E-state index contributed by atoms with van der Waals surface area (Å²) in [6.07, 6.45) is 11.2. The van der Waals surface area contributed by atoms with Crippen LogP contribution in [0.5, 0.6) is 0 Å². The van der Waals surface area contributed by atoms with Gasteiger partial charge in [-0.15, -0.1) is 11.3 Å². The molecule has 1 aromatic heterocycles. The highest BCUT2D eigenvalue weighted by Crippen LogP contribution is 2.23. The molecule has 1 rings (SSSR count). The number of hydrogen-bond donors (Lipinski definition) is 0. The van der Waals surface area contributed by atoms with Crippen molar-refractivity contribution in [3.63, 3.8) is 0 Å². The normalized spacial score (nSPS) is 14.6. The van der Waals surface area contributed by atoms with Crippen molar-refractivity contribution in [3.8, 4) is 0 Å². The molecular weight excluding hydrogens is 272 g/mol. The molecule has 21 heavy (non-hydrogen) atoms. The molecule has 0 radical (unpaired) electrons. The second-order valence-electron chi connectivity index (χ2n) is 7.53. The van der Waals surface area contributed by atoms with Crippen molar-refractivity contribution in [1.29, 1.82) is 0 Å². The average molecular weight is 309 g/mol. The van der Waals surface area contributed by atoms with E-state index in [2.05, 4.69) is 46.1 Å². The summed E-state index contributed by atoms with van der Waals surface area (Å²) in [5.74, 6) is 2.68. The molecule has 0 saturated heterocycles. The van der Waals surface area contributed by atoms with E-state index < -0.39 is 0 Å². The summed E-state index contributed by atoms with van der Waals surface area (Å²) in [5, 5.41) is 2.23. The summed E-state index contributed by atoms with van der Waals surface area (Å²) in [6.45, 7) is 11.8. The van der Waals surface area contributed by atoms with Gasteiger partial charge in [-0.3, -0.25) is 0 Å². The molecule has 1 aromatic rings. The molecule has 0 bridgehead atoms. The summed E-state index contributed by atoms with van der Waals surface area (Å²) in [6, 6.07) is 2.25. The lowest BCUT2D eigenvalue weighted by Crippen LogP contribution is -2.01. The predicted octanol–water partition coefficient (Wildman–Crippen LogP) is 7.26. The van der Waals surface area contributed by atoms with Crippen LogP contribution in [0.4, 0.5) is 0 Å². The fourth-order valence-electron chi connectivity index (χ4n) is 3.02. The van der Waals surface area contributed by atoms with Gasteiger partial charge in [0.25, 0.3) is 0 Å². The van der Waals surface area contributed by atoms with Gasteiger partial charge in [-0.05, 0) is 54.5 Å². The van der Waals surface area contributed by atoms with Gasteiger partial charge >= 0.3 is 0 Å². The minimum atomic E-state index is 0.873. The molecule has 0 aliphatic carbocycles. The Kier molecular flexibility index (Phi) is 9.31. The van der Waals surface area contributed by atoms with E-state index >= 15 is 0 Å². The predicted molar refractivity (Wildman–Crippen MR) is 98.2 cm³/mol. The molecule has 0 nitrogen and oxygen atoms in total. The monoisotopic (exact) mass is 308 g/mol. The van der Waals surface area contributed by atoms with Crippen LogP contribution in [0.2, 0.25) is 0 Å². The molecule has 0 spiro atoms. The molecular formula is C20H36S. The summed E-state index contributed by atoms with van der Waals surface area (Å²) in [7, 11) is 0. The molecule has 0 fully saturated rings. The summed E-state index contributed by atoms with van der Waals surface area (Å²) < 4.78 is 0. The molecule has 0 aliphatic heterocycles. The fourth-order valence-corrected chi connectivity index (χ4v) is 3.94. The van der Waals surface area contributed by atoms with Crippen molar-refractivity contribution in [3.05, 3.63) is 21.9 Å². The topological polar surface area (TPSA) is 0 Å². The Hall–Kier alpha value is -0.300. The van der Waals surface area contributed by atoms with E-state index in [1.807, 2.05) is 11.3 Å². The molecule has 1 heteroatoms. The highest BCUT2D eigenvalue weighted by molar-refractivity contribution is 7.10. The van der Waals surface area contributed by atoms with Gasteiger partial charge in [0.05, 0.1) is 0 Å². The third-order valence-electron chi connectivity index (χ3n) is 4.70. The Morgan fingerprint density at radius 2 is 1.43 bits per heavy atom. The van der Waals surface area contributed by atoms with Crippen molar-refractivity contribution >= 4 is 11.3 Å². The van der Waals surface area contributed by atoms with Crippen LogP contribution in [0.15, 0.2) is 11.4 Å². The first-order valence-electron chi connectivity index (χ1n) is 9.02. The van der Waals surface area contributed by atoms with Crippen LogP contribution in [-0.4, -0.2) is 0 Å². The Labute approximate surface area is 137 Å². The molecule has 2 atom stereocenters. The quantitative estimate of drug-likeness (QED) is 0.403. The smallest absolute Gasteiger partial charge is 0.00745 e. The highest BCUT2D eigenvalue weighted by Gasteiger charge is 2.08. The van der Waals surface area contributed by atoms with Crippen LogP contribution in [0, 0.1) is 24.7 Å². The molecule has 0 saturated carbocycles. The van der Waals surface area contributed by atoms with Crippen molar-refractivity contribution in [1.82, 2.24) is 0 Å². The summed E-state index contributed by atoms with van der Waals surface area (Å²) in [5.41, 5.74) is 1.49. The summed E-state index contributed by atoms with van der Waals surface area (Å²) >= 11 is 1.93. The second kappa shape index (κ2) is 10.4. The van der Waals surface area contributed by atoms with Crippen LogP contribution in [0.25, 0.3) is 0 Å². The van der Waals surface area contributed by atoms with E-state index in [1.54, 1.807) is 4.88 Å². The van der Waals surface area contributed by atoms with Crippen molar-refractivity contribution in [2.45, 2.75) is 86.0 Å². The Morgan fingerprint density at radius 3 is 1.95 bits per heavy atom. The lowest BCUT2D eigenvalue weighted by molar-refractivity contribution is 0.393. The van der Waals surface area contributed by atoms with Crippen LogP contribution < -0.4 is 0 Å².